The van der Waals surface area contributed by atoms with Gasteiger partial charge in [-0.2, -0.15) is 11.3 Å². The Morgan fingerprint density at radius 2 is 2.17 bits per heavy atom. The van der Waals surface area contributed by atoms with Crippen LogP contribution in [0.1, 0.15) is 49.9 Å². The number of Topliss-reactive ketones (excluding diaryl/α,β-unsaturated/α-hetero) is 1. The molecule has 0 N–H and O–H groups in total. The van der Waals surface area contributed by atoms with Gasteiger partial charge in [0, 0.05) is 27.4 Å². The van der Waals surface area contributed by atoms with E-state index in [4.69, 9.17) is 4.74 Å². The molecule has 1 aromatic heterocycles. The molecular formula is C14H19BrO2S. The fourth-order valence-corrected chi connectivity index (χ4v) is 4.09. The zero-order valence-corrected chi connectivity index (χ0v) is 13.3. The molecule has 0 unspecified atom stereocenters. The average Bonchev–Trinajstić information content (AvgIpc) is 2.78. The minimum Gasteiger partial charge on any atom is -0.367 e. The zero-order valence-electron chi connectivity index (χ0n) is 10.9. The second-order valence-electron chi connectivity index (χ2n) is 5.07. The van der Waals surface area contributed by atoms with E-state index in [1.54, 1.807) is 11.3 Å². The monoisotopic (exact) mass is 330 g/mol. The molecule has 1 fully saturated rings. The summed E-state index contributed by atoms with van der Waals surface area (Å²) in [6, 6.07) is 0. The molecule has 18 heavy (non-hydrogen) atoms. The molecule has 1 saturated carbocycles. The van der Waals surface area contributed by atoms with Crippen molar-refractivity contribution >= 4 is 33.0 Å². The van der Waals surface area contributed by atoms with E-state index in [-0.39, 0.29) is 5.78 Å². The summed E-state index contributed by atoms with van der Waals surface area (Å²) in [5.41, 5.74) is 0.202. The number of ether oxygens (including phenoxy) is 1. The van der Waals surface area contributed by atoms with Crippen LogP contribution in [0.5, 0.6) is 0 Å². The lowest BCUT2D eigenvalue weighted by atomic mass is 9.76. The van der Waals surface area contributed by atoms with Crippen LogP contribution < -0.4 is 0 Å². The van der Waals surface area contributed by atoms with Crippen molar-refractivity contribution in [3.63, 3.8) is 0 Å². The summed E-state index contributed by atoms with van der Waals surface area (Å²) >= 11 is 5.01. The lowest BCUT2D eigenvalue weighted by Crippen LogP contribution is -2.44. The SMILES string of the molecule is CCOC1(C(=O)c2cscc2Br)CCC(C)CC1. The van der Waals surface area contributed by atoms with Crippen molar-refractivity contribution in [2.75, 3.05) is 6.61 Å². The third-order valence-corrected chi connectivity index (χ3v) is 5.48. The summed E-state index contributed by atoms with van der Waals surface area (Å²) in [5.74, 6) is 0.863. The maximum Gasteiger partial charge on any atom is 0.196 e. The predicted octanol–water partition coefficient (Wildman–Crippen LogP) is 4.68. The third kappa shape index (κ3) is 2.70. The number of thiophene rings is 1. The van der Waals surface area contributed by atoms with Crippen molar-refractivity contribution in [2.24, 2.45) is 5.92 Å². The van der Waals surface area contributed by atoms with E-state index in [2.05, 4.69) is 22.9 Å². The van der Waals surface area contributed by atoms with E-state index in [0.29, 0.717) is 12.5 Å². The normalized spacial score (nSPS) is 28.3. The summed E-state index contributed by atoms with van der Waals surface area (Å²) in [7, 11) is 0. The molecule has 0 aliphatic heterocycles. The second-order valence-corrected chi connectivity index (χ2v) is 6.67. The number of ketones is 1. The van der Waals surface area contributed by atoms with Crippen molar-refractivity contribution in [3.8, 4) is 0 Å². The maximum atomic E-state index is 12.8. The molecule has 0 atom stereocenters. The van der Waals surface area contributed by atoms with Crippen LogP contribution in [0.25, 0.3) is 0 Å². The van der Waals surface area contributed by atoms with Gasteiger partial charge in [-0.3, -0.25) is 4.79 Å². The van der Waals surface area contributed by atoms with E-state index in [0.717, 1.165) is 35.7 Å². The van der Waals surface area contributed by atoms with Gasteiger partial charge in [0.25, 0.3) is 0 Å². The molecule has 0 saturated heterocycles. The Balaban J connectivity index is 2.25. The minimum atomic E-state index is -0.579. The van der Waals surface area contributed by atoms with E-state index in [9.17, 15) is 4.79 Å². The molecule has 100 valence electrons. The molecule has 0 bridgehead atoms. The predicted molar refractivity (Wildman–Crippen MR) is 78.3 cm³/mol. The molecule has 0 radical (unpaired) electrons. The minimum absolute atomic E-state index is 0.157. The lowest BCUT2D eigenvalue weighted by Gasteiger charge is -2.37. The highest BCUT2D eigenvalue weighted by Gasteiger charge is 2.42. The van der Waals surface area contributed by atoms with Gasteiger partial charge in [-0.05, 0) is 54.5 Å². The van der Waals surface area contributed by atoms with Gasteiger partial charge in [-0.25, -0.2) is 0 Å². The van der Waals surface area contributed by atoms with Crippen molar-refractivity contribution in [2.45, 2.75) is 45.1 Å². The first-order valence-electron chi connectivity index (χ1n) is 6.49. The van der Waals surface area contributed by atoms with Gasteiger partial charge < -0.3 is 4.74 Å². The first-order chi connectivity index (χ1) is 8.59. The first-order valence-corrected chi connectivity index (χ1v) is 8.23. The van der Waals surface area contributed by atoms with Crippen LogP contribution in [0.4, 0.5) is 0 Å². The zero-order chi connectivity index (χ0) is 13.2. The van der Waals surface area contributed by atoms with Gasteiger partial charge in [-0.1, -0.05) is 6.92 Å². The maximum absolute atomic E-state index is 12.8. The van der Waals surface area contributed by atoms with Gasteiger partial charge in [0.05, 0.1) is 0 Å². The molecule has 0 spiro atoms. The first kappa shape index (κ1) is 14.2. The highest BCUT2D eigenvalue weighted by Crippen LogP contribution is 2.39. The van der Waals surface area contributed by atoms with Crippen molar-refractivity contribution < 1.29 is 9.53 Å². The second kappa shape index (κ2) is 5.85. The van der Waals surface area contributed by atoms with E-state index in [1.165, 1.54) is 0 Å². The van der Waals surface area contributed by atoms with Gasteiger partial charge in [0.15, 0.2) is 5.78 Å². The average molecular weight is 331 g/mol. The molecule has 2 rings (SSSR count). The van der Waals surface area contributed by atoms with E-state index < -0.39 is 5.60 Å². The number of rotatable bonds is 4. The summed E-state index contributed by atoms with van der Waals surface area (Å²) in [6.07, 6.45) is 3.85. The molecule has 1 heterocycles. The summed E-state index contributed by atoms with van der Waals surface area (Å²) in [5, 5.41) is 3.88. The van der Waals surface area contributed by atoms with E-state index in [1.807, 2.05) is 17.7 Å². The van der Waals surface area contributed by atoms with Crippen molar-refractivity contribution in [1.29, 1.82) is 0 Å². The van der Waals surface area contributed by atoms with Crippen LogP contribution >= 0.6 is 27.3 Å². The van der Waals surface area contributed by atoms with Crippen LogP contribution in [-0.4, -0.2) is 18.0 Å². The van der Waals surface area contributed by atoms with Crippen LogP contribution in [0.2, 0.25) is 0 Å². The molecule has 4 heteroatoms. The Bertz CT molecular complexity index is 419. The summed E-state index contributed by atoms with van der Waals surface area (Å²) in [6.45, 7) is 4.82. The molecule has 1 aliphatic carbocycles. The highest BCUT2D eigenvalue weighted by molar-refractivity contribution is 9.10. The largest absolute Gasteiger partial charge is 0.367 e. The van der Waals surface area contributed by atoms with Gasteiger partial charge in [0.2, 0.25) is 0 Å². The van der Waals surface area contributed by atoms with Crippen molar-refractivity contribution in [1.82, 2.24) is 0 Å². The third-order valence-electron chi connectivity index (χ3n) is 3.78. The standard InChI is InChI=1S/C14H19BrO2S/c1-3-17-14(6-4-10(2)5-7-14)13(16)11-8-18-9-12(11)15/h8-10H,3-7H2,1-2H3. The number of hydrogen-bond donors (Lipinski definition) is 0. The molecule has 0 amide bonds. The van der Waals surface area contributed by atoms with Gasteiger partial charge in [-0.15, -0.1) is 0 Å². The molecule has 0 aromatic carbocycles. The topological polar surface area (TPSA) is 26.3 Å². The Labute approximate surface area is 121 Å². The van der Waals surface area contributed by atoms with Crippen LogP contribution in [0.15, 0.2) is 15.2 Å². The number of carbonyl (C=O) groups is 1. The lowest BCUT2D eigenvalue weighted by molar-refractivity contribution is -0.0474. The fraction of sp³-hybridized carbons (Fsp3) is 0.643. The number of carbonyl (C=O) groups excluding carboxylic acids is 1. The number of halogens is 1. The van der Waals surface area contributed by atoms with E-state index >= 15 is 0 Å². The molecule has 2 nitrogen and oxygen atoms in total. The Morgan fingerprint density at radius 3 is 2.67 bits per heavy atom. The number of hydrogen-bond acceptors (Lipinski definition) is 3. The quantitative estimate of drug-likeness (QED) is 0.749. The van der Waals surface area contributed by atoms with Crippen LogP contribution in [0, 0.1) is 5.92 Å². The molecule has 1 aliphatic rings. The van der Waals surface area contributed by atoms with Crippen molar-refractivity contribution in [3.05, 3.63) is 20.8 Å². The summed E-state index contributed by atoms with van der Waals surface area (Å²) < 4.78 is 6.79. The smallest absolute Gasteiger partial charge is 0.196 e. The Kier molecular flexibility index (Phi) is 4.62. The Hall–Kier alpha value is -0.190. The Morgan fingerprint density at radius 1 is 1.50 bits per heavy atom. The van der Waals surface area contributed by atoms with Gasteiger partial charge >= 0.3 is 0 Å². The molecular weight excluding hydrogens is 312 g/mol. The van der Waals surface area contributed by atoms with Crippen LogP contribution in [0.3, 0.4) is 0 Å². The van der Waals surface area contributed by atoms with Crippen LogP contribution in [-0.2, 0) is 4.74 Å². The summed E-state index contributed by atoms with van der Waals surface area (Å²) in [4.78, 5) is 12.8. The molecule has 1 aromatic rings. The fourth-order valence-electron chi connectivity index (χ4n) is 2.63. The van der Waals surface area contributed by atoms with Gasteiger partial charge in [0.1, 0.15) is 5.60 Å². The highest BCUT2D eigenvalue weighted by atomic mass is 79.9.